The van der Waals surface area contributed by atoms with Crippen molar-refractivity contribution in [1.29, 1.82) is 0 Å². The Morgan fingerprint density at radius 1 is 0.826 bits per heavy atom. The van der Waals surface area contributed by atoms with Crippen LogP contribution in [0.5, 0.6) is 0 Å². The van der Waals surface area contributed by atoms with Gasteiger partial charge in [-0.3, -0.25) is 4.79 Å². The van der Waals surface area contributed by atoms with E-state index in [0.717, 1.165) is 12.8 Å². The zero-order valence-corrected chi connectivity index (χ0v) is 15.3. The van der Waals surface area contributed by atoms with Crippen LogP contribution in [0.1, 0.15) is 103 Å². The lowest BCUT2D eigenvalue weighted by Gasteiger charge is -2.03. The number of carbonyl (C=O) groups is 1. The van der Waals surface area contributed by atoms with Crippen LogP contribution in [-0.4, -0.2) is 17.1 Å². The zero-order chi connectivity index (χ0) is 17.2. The number of hydrogen-bond acceptors (Lipinski definition) is 2. The van der Waals surface area contributed by atoms with Crippen molar-refractivity contribution in [2.45, 2.75) is 109 Å². The van der Waals surface area contributed by atoms with Crippen molar-refractivity contribution in [2.75, 3.05) is 0 Å². The first-order valence-corrected chi connectivity index (χ1v) is 9.82. The number of rotatable bonds is 17. The Balaban J connectivity index is 3.12. The van der Waals surface area contributed by atoms with E-state index in [1.165, 1.54) is 89.5 Å². The molecule has 0 aliphatic heterocycles. The summed E-state index contributed by atoms with van der Waals surface area (Å²) in [5.74, 6) is -0.679. The highest BCUT2D eigenvalue weighted by Crippen LogP contribution is 2.13. The molecule has 1 atom stereocenters. The summed E-state index contributed by atoms with van der Waals surface area (Å²) in [6.07, 6.45) is 22.2. The van der Waals surface area contributed by atoms with Gasteiger partial charge in [0, 0.05) is 0 Å². The monoisotopic (exact) mass is 325 g/mol. The second-order valence-electron chi connectivity index (χ2n) is 6.66. The van der Waals surface area contributed by atoms with Gasteiger partial charge < -0.3 is 10.8 Å². The molecular formula is C20H39NO2. The SMILES string of the molecule is CCCCCCCCCCCCCCCC/C=C/C(O)C(N)=O. The fraction of sp³-hybridized carbons (Fsp3) is 0.850. The minimum atomic E-state index is -1.12. The van der Waals surface area contributed by atoms with Crippen molar-refractivity contribution in [3.63, 3.8) is 0 Å². The van der Waals surface area contributed by atoms with E-state index in [1.54, 1.807) is 0 Å². The van der Waals surface area contributed by atoms with Crippen LogP contribution in [-0.2, 0) is 4.79 Å². The van der Waals surface area contributed by atoms with Crippen LogP contribution >= 0.6 is 0 Å². The van der Waals surface area contributed by atoms with Gasteiger partial charge in [0.05, 0.1) is 0 Å². The fourth-order valence-corrected chi connectivity index (χ4v) is 2.78. The molecule has 0 saturated carbocycles. The molecule has 1 unspecified atom stereocenters. The molecule has 23 heavy (non-hydrogen) atoms. The van der Waals surface area contributed by atoms with Gasteiger partial charge in [-0.1, -0.05) is 103 Å². The van der Waals surface area contributed by atoms with Crippen LogP contribution in [0.4, 0.5) is 0 Å². The maximum atomic E-state index is 10.6. The lowest BCUT2D eigenvalue weighted by molar-refractivity contribution is -0.123. The standard InChI is InChI=1S/C20H39NO2/c1-2-3-4-5-6-7-8-9-10-11-12-13-14-15-16-17-18-19(22)20(21)23/h17-19,22H,2-16H2,1H3,(H2,21,23)/b18-17+. The summed E-state index contributed by atoms with van der Waals surface area (Å²) in [5.41, 5.74) is 4.96. The number of amides is 1. The number of carbonyl (C=O) groups excluding carboxylic acids is 1. The van der Waals surface area contributed by atoms with Gasteiger partial charge in [-0.2, -0.15) is 0 Å². The molecule has 0 aromatic heterocycles. The van der Waals surface area contributed by atoms with E-state index < -0.39 is 12.0 Å². The molecule has 136 valence electrons. The van der Waals surface area contributed by atoms with Crippen molar-refractivity contribution >= 4 is 5.91 Å². The molecule has 0 saturated heterocycles. The first kappa shape index (κ1) is 22.2. The van der Waals surface area contributed by atoms with Crippen molar-refractivity contribution in [2.24, 2.45) is 5.73 Å². The molecule has 3 nitrogen and oxygen atoms in total. The van der Waals surface area contributed by atoms with E-state index in [9.17, 15) is 9.90 Å². The van der Waals surface area contributed by atoms with Crippen LogP contribution in [0.3, 0.4) is 0 Å². The molecule has 0 radical (unpaired) electrons. The highest BCUT2D eigenvalue weighted by atomic mass is 16.3. The highest BCUT2D eigenvalue weighted by Gasteiger charge is 2.03. The largest absolute Gasteiger partial charge is 0.379 e. The number of unbranched alkanes of at least 4 members (excludes halogenated alkanes) is 14. The number of primary amides is 1. The van der Waals surface area contributed by atoms with Crippen LogP contribution in [0.25, 0.3) is 0 Å². The summed E-state index contributed by atoms with van der Waals surface area (Å²) in [4.78, 5) is 10.6. The van der Waals surface area contributed by atoms with Gasteiger partial charge in [-0.15, -0.1) is 0 Å². The third kappa shape index (κ3) is 17.4. The number of hydrogen-bond donors (Lipinski definition) is 2. The maximum Gasteiger partial charge on any atom is 0.250 e. The molecule has 0 bridgehead atoms. The molecule has 0 fully saturated rings. The van der Waals surface area contributed by atoms with E-state index in [4.69, 9.17) is 5.73 Å². The van der Waals surface area contributed by atoms with Gasteiger partial charge in [0.15, 0.2) is 6.10 Å². The van der Waals surface area contributed by atoms with Crippen molar-refractivity contribution in [3.8, 4) is 0 Å². The molecule has 1 amide bonds. The van der Waals surface area contributed by atoms with E-state index in [2.05, 4.69) is 6.92 Å². The van der Waals surface area contributed by atoms with Crippen molar-refractivity contribution in [1.82, 2.24) is 0 Å². The molecule has 3 N–H and O–H groups in total. The Morgan fingerprint density at radius 3 is 1.61 bits per heavy atom. The Morgan fingerprint density at radius 2 is 1.22 bits per heavy atom. The summed E-state index contributed by atoms with van der Waals surface area (Å²) in [7, 11) is 0. The number of aliphatic hydroxyl groups excluding tert-OH is 1. The highest BCUT2D eigenvalue weighted by molar-refractivity contribution is 5.80. The van der Waals surface area contributed by atoms with Crippen molar-refractivity contribution < 1.29 is 9.90 Å². The average Bonchev–Trinajstić information content (AvgIpc) is 2.54. The second-order valence-corrected chi connectivity index (χ2v) is 6.66. The van der Waals surface area contributed by atoms with Gasteiger partial charge in [0.2, 0.25) is 5.91 Å². The number of aliphatic hydroxyl groups is 1. The Hall–Kier alpha value is -0.830. The molecule has 0 aliphatic rings. The van der Waals surface area contributed by atoms with Gasteiger partial charge in [-0.05, 0) is 12.8 Å². The molecule has 0 spiro atoms. The predicted molar refractivity (Wildman–Crippen MR) is 99.3 cm³/mol. The van der Waals surface area contributed by atoms with Gasteiger partial charge in [0.25, 0.3) is 0 Å². The lowest BCUT2D eigenvalue weighted by Crippen LogP contribution is -2.25. The zero-order valence-electron chi connectivity index (χ0n) is 15.3. The molecule has 3 heteroatoms. The van der Waals surface area contributed by atoms with E-state index >= 15 is 0 Å². The van der Waals surface area contributed by atoms with Crippen LogP contribution < -0.4 is 5.73 Å². The summed E-state index contributed by atoms with van der Waals surface area (Å²) in [6, 6.07) is 0. The molecule has 0 aliphatic carbocycles. The Bertz CT molecular complexity index is 289. The first-order valence-electron chi connectivity index (χ1n) is 9.82. The van der Waals surface area contributed by atoms with E-state index in [1.807, 2.05) is 6.08 Å². The number of allylic oxidation sites excluding steroid dienone is 1. The molecular weight excluding hydrogens is 286 g/mol. The lowest BCUT2D eigenvalue weighted by atomic mass is 10.0. The molecule has 0 aromatic rings. The maximum absolute atomic E-state index is 10.6. The van der Waals surface area contributed by atoms with Gasteiger partial charge in [0.1, 0.15) is 0 Å². The number of nitrogens with two attached hydrogens (primary N) is 1. The topological polar surface area (TPSA) is 63.3 Å². The molecule has 0 heterocycles. The van der Waals surface area contributed by atoms with Gasteiger partial charge in [-0.25, -0.2) is 0 Å². The van der Waals surface area contributed by atoms with E-state index in [0.29, 0.717) is 0 Å². The summed E-state index contributed by atoms with van der Waals surface area (Å²) < 4.78 is 0. The van der Waals surface area contributed by atoms with Gasteiger partial charge >= 0.3 is 0 Å². The second kappa shape index (κ2) is 17.5. The quantitative estimate of drug-likeness (QED) is 0.283. The summed E-state index contributed by atoms with van der Waals surface area (Å²) in [5, 5.41) is 9.18. The third-order valence-electron chi connectivity index (χ3n) is 4.33. The Labute approximate surface area is 143 Å². The summed E-state index contributed by atoms with van der Waals surface area (Å²) in [6.45, 7) is 2.27. The van der Waals surface area contributed by atoms with E-state index in [-0.39, 0.29) is 0 Å². The first-order chi connectivity index (χ1) is 11.2. The fourth-order valence-electron chi connectivity index (χ4n) is 2.78. The summed E-state index contributed by atoms with van der Waals surface area (Å²) >= 11 is 0. The molecule has 0 aromatic carbocycles. The predicted octanol–water partition coefficient (Wildman–Crippen LogP) is 5.26. The van der Waals surface area contributed by atoms with Crippen LogP contribution in [0.2, 0.25) is 0 Å². The van der Waals surface area contributed by atoms with Crippen LogP contribution in [0.15, 0.2) is 12.2 Å². The van der Waals surface area contributed by atoms with Crippen LogP contribution in [0, 0.1) is 0 Å². The average molecular weight is 326 g/mol. The minimum Gasteiger partial charge on any atom is -0.379 e. The van der Waals surface area contributed by atoms with Crippen molar-refractivity contribution in [3.05, 3.63) is 12.2 Å². The third-order valence-corrected chi connectivity index (χ3v) is 4.33. The minimum absolute atomic E-state index is 0.679. The Kier molecular flexibility index (Phi) is 16.9. The molecule has 0 rings (SSSR count). The smallest absolute Gasteiger partial charge is 0.250 e. The normalized spacial score (nSPS) is 12.8.